The van der Waals surface area contributed by atoms with Crippen molar-refractivity contribution in [3.05, 3.63) is 200 Å². The molecule has 0 aliphatic rings. The fourth-order valence-electron chi connectivity index (χ4n) is 7.77. The first kappa shape index (κ1) is 30.0. The molecule has 9 aromatic carbocycles. The second-order valence-electron chi connectivity index (χ2n) is 13.3. The molecule has 0 atom stereocenters. The van der Waals surface area contributed by atoms with Crippen LogP contribution >= 0.6 is 0 Å². The van der Waals surface area contributed by atoms with Crippen LogP contribution in [-0.2, 0) is 0 Å². The molecular weight excluding hydrogens is 631 g/mol. The van der Waals surface area contributed by atoms with Crippen LogP contribution in [0.4, 0.5) is 17.1 Å². The summed E-state index contributed by atoms with van der Waals surface area (Å²) in [5.74, 6) is 0. The van der Waals surface area contributed by atoms with Gasteiger partial charge in [0, 0.05) is 33.9 Å². The van der Waals surface area contributed by atoms with Crippen molar-refractivity contribution in [1.29, 1.82) is 0 Å². The Bertz CT molecular complexity index is 2880. The highest BCUT2D eigenvalue weighted by Crippen LogP contribution is 2.43. The van der Waals surface area contributed by atoms with Crippen molar-refractivity contribution in [1.82, 2.24) is 0 Å². The Hall–Kier alpha value is -6.90. The van der Waals surface area contributed by atoms with E-state index in [0.29, 0.717) is 0 Å². The summed E-state index contributed by atoms with van der Waals surface area (Å²) in [6.45, 7) is 0. The van der Waals surface area contributed by atoms with Gasteiger partial charge in [-0.15, -0.1) is 0 Å². The number of hydrogen-bond donors (Lipinski definition) is 0. The molecule has 10 aromatic rings. The first-order chi connectivity index (χ1) is 25.8. The molecular formula is C50H33NO. The smallest absolute Gasteiger partial charge is 0.137 e. The number of rotatable bonds is 6. The van der Waals surface area contributed by atoms with Crippen molar-refractivity contribution in [3.8, 4) is 33.4 Å². The molecule has 2 heteroatoms. The largest absolute Gasteiger partial charge is 0.456 e. The maximum Gasteiger partial charge on any atom is 0.137 e. The summed E-state index contributed by atoms with van der Waals surface area (Å²) in [4.78, 5) is 2.32. The number of anilines is 3. The topological polar surface area (TPSA) is 16.4 Å². The molecule has 0 spiro atoms. The third kappa shape index (κ3) is 5.12. The van der Waals surface area contributed by atoms with E-state index in [1.807, 2.05) is 12.1 Å². The maximum absolute atomic E-state index is 6.36. The Morgan fingerprint density at radius 2 is 0.865 bits per heavy atom. The number of benzene rings is 9. The minimum Gasteiger partial charge on any atom is -0.456 e. The first-order valence-electron chi connectivity index (χ1n) is 17.8. The number of para-hydroxylation sites is 1. The lowest BCUT2D eigenvalue weighted by atomic mass is 9.87. The van der Waals surface area contributed by atoms with Crippen LogP contribution in [0.3, 0.4) is 0 Å². The molecule has 0 N–H and O–H groups in total. The van der Waals surface area contributed by atoms with Crippen molar-refractivity contribution in [2.24, 2.45) is 0 Å². The van der Waals surface area contributed by atoms with Crippen LogP contribution in [0.1, 0.15) is 0 Å². The fraction of sp³-hybridized carbons (Fsp3) is 0. The van der Waals surface area contributed by atoms with Gasteiger partial charge in [-0.1, -0.05) is 152 Å². The van der Waals surface area contributed by atoms with Gasteiger partial charge in [0.15, 0.2) is 0 Å². The van der Waals surface area contributed by atoms with Crippen molar-refractivity contribution < 1.29 is 4.42 Å². The predicted octanol–water partition coefficient (Wildman–Crippen LogP) is 14.4. The lowest BCUT2D eigenvalue weighted by molar-refractivity contribution is 0.669. The Balaban J connectivity index is 1.12. The zero-order chi connectivity index (χ0) is 34.4. The molecule has 244 valence electrons. The highest BCUT2D eigenvalue weighted by molar-refractivity contribution is 6.11. The number of fused-ring (bicyclic) bond motifs is 5. The standard InChI is InChI=1S/C50H33NO/c1-2-11-34(12-3-1)35-21-26-39(27-22-35)51(41-30-32-46-45-18-8-9-20-48(45)52-49(46)33-41)40-28-23-38(24-29-40)44-31-25-37-14-5-7-17-43(37)50(44)47-19-10-15-36-13-4-6-16-42(36)47/h1-33H. The molecule has 0 saturated carbocycles. The number of furan rings is 1. The second-order valence-corrected chi connectivity index (χ2v) is 13.3. The van der Waals surface area contributed by atoms with E-state index in [0.717, 1.165) is 39.0 Å². The van der Waals surface area contributed by atoms with E-state index in [1.165, 1.54) is 54.9 Å². The van der Waals surface area contributed by atoms with E-state index in [1.54, 1.807) is 0 Å². The molecule has 0 radical (unpaired) electrons. The summed E-state index contributed by atoms with van der Waals surface area (Å²) >= 11 is 0. The maximum atomic E-state index is 6.36. The van der Waals surface area contributed by atoms with Crippen molar-refractivity contribution in [3.63, 3.8) is 0 Å². The van der Waals surface area contributed by atoms with E-state index in [9.17, 15) is 0 Å². The predicted molar refractivity (Wildman–Crippen MR) is 220 cm³/mol. The first-order valence-corrected chi connectivity index (χ1v) is 17.8. The summed E-state index contributed by atoms with van der Waals surface area (Å²) in [7, 11) is 0. The van der Waals surface area contributed by atoms with Crippen LogP contribution in [0, 0.1) is 0 Å². The Kier molecular flexibility index (Phi) is 7.18. The Labute approximate surface area is 302 Å². The molecule has 1 heterocycles. The molecule has 0 aliphatic carbocycles. The van der Waals surface area contributed by atoms with E-state index >= 15 is 0 Å². The minimum absolute atomic E-state index is 0.872. The average molecular weight is 664 g/mol. The van der Waals surface area contributed by atoms with E-state index < -0.39 is 0 Å². The summed E-state index contributed by atoms with van der Waals surface area (Å²) < 4.78 is 6.36. The third-order valence-corrected chi connectivity index (χ3v) is 10.3. The van der Waals surface area contributed by atoms with E-state index in [2.05, 4.69) is 193 Å². The fourth-order valence-corrected chi connectivity index (χ4v) is 7.77. The molecule has 52 heavy (non-hydrogen) atoms. The monoisotopic (exact) mass is 663 g/mol. The van der Waals surface area contributed by atoms with Gasteiger partial charge in [-0.05, 0) is 97.4 Å². The average Bonchev–Trinajstić information content (AvgIpc) is 3.59. The minimum atomic E-state index is 0.872. The van der Waals surface area contributed by atoms with Gasteiger partial charge in [-0.25, -0.2) is 0 Å². The van der Waals surface area contributed by atoms with Crippen molar-refractivity contribution in [2.75, 3.05) is 4.90 Å². The van der Waals surface area contributed by atoms with Crippen LogP contribution in [-0.4, -0.2) is 0 Å². The molecule has 2 nitrogen and oxygen atoms in total. The van der Waals surface area contributed by atoms with Crippen LogP contribution in [0.5, 0.6) is 0 Å². The second kappa shape index (κ2) is 12.5. The van der Waals surface area contributed by atoms with Gasteiger partial charge in [-0.3, -0.25) is 0 Å². The van der Waals surface area contributed by atoms with Gasteiger partial charge in [0.05, 0.1) is 0 Å². The molecule has 0 saturated heterocycles. The number of nitrogens with zero attached hydrogens (tertiary/aromatic N) is 1. The molecule has 0 bridgehead atoms. The lowest BCUT2D eigenvalue weighted by Crippen LogP contribution is -2.09. The summed E-state index contributed by atoms with van der Waals surface area (Å²) in [6, 6.07) is 71.7. The normalized spacial score (nSPS) is 11.5. The zero-order valence-corrected chi connectivity index (χ0v) is 28.4. The lowest BCUT2D eigenvalue weighted by Gasteiger charge is -2.26. The van der Waals surface area contributed by atoms with Crippen molar-refractivity contribution in [2.45, 2.75) is 0 Å². The highest BCUT2D eigenvalue weighted by Gasteiger charge is 2.18. The van der Waals surface area contributed by atoms with Gasteiger partial charge >= 0.3 is 0 Å². The van der Waals surface area contributed by atoms with E-state index in [-0.39, 0.29) is 0 Å². The van der Waals surface area contributed by atoms with Crippen LogP contribution in [0.25, 0.3) is 76.9 Å². The molecule has 10 rings (SSSR count). The molecule has 0 amide bonds. The quantitative estimate of drug-likeness (QED) is 0.176. The van der Waals surface area contributed by atoms with Crippen molar-refractivity contribution >= 4 is 60.5 Å². The third-order valence-electron chi connectivity index (χ3n) is 10.3. The highest BCUT2D eigenvalue weighted by atomic mass is 16.3. The van der Waals surface area contributed by atoms with Crippen LogP contribution in [0.15, 0.2) is 205 Å². The van der Waals surface area contributed by atoms with Gasteiger partial charge in [0.2, 0.25) is 0 Å². The SMILES string of the molecule is c1ccc(-c2ccc(N(c3ccc(-c4ccc5ccccc5c4-c4cccc5ccccc45)cc3)c3ccc4c(c3)oc3ccccc34)cc2)cc1. The zero-order valence-electron chi connectivity index (χ0n) is 28.4. The Morgan fingerprint density at radius 1 is 0.308 bits per heavy atom. The molecule has 1 aromatic heterocycles. The molecule has 0 fully saturated rings. The number of hydrogen-bond acceptors (Lipinski definition) is 2. The summed E-state index contributed by atoms with van der Waals surface area (Å²) in [6.07, 6.45) is 0. The van der Waals surface area contributed by atoms with Crippen LogP contribution < -0.4 is 4.90 Å². The van der Waals surface area contributed by atoms with Gasteiger partial charge in [-0.2, -0.15) is 0 Å². The van der Waals surface area contributed by atoms with Gasteiger partial charge < -0.3 is 9.32 Å². The molecule has 0 aliphatic heterocycles. The van der Waals surface area contributed by atoms with Crippen LogP contribution in [0.2, 0.25) is 0 Å². The van der Waals surface area contributed by atoms with Gasteiger partial charge in [0.25, 0.3) is 0 Å². The summed E-state index contributed by atoms with van der Waals surface area (Å²) in [5, 5.41) is 7.22. The summed E-state index contributed by atoms with van der Waals surface area (Å²) in [5.41, 5.74) is 12.2. The van der Waals surface area contributed by atoms with Gasteiger partial charge in [0.1, 0.15) is 11.2 Å². The molecule has 0 unspecified atom stereocenters. The Morgan fingerprint density at radius 3 is 1.63 bits per heavy atom. The van der Waals surface area contributed by atoms with E-state index in [4.69, 9.17) is 4.42 Å².